The predicted molar refractivity (Wildman–Crippen MR) is 244 cm³/mol. The number of benzene rings is 12. The second-order valence-electron chi connectivity index (χ2n) is 15.5. The molecule has 1 heteroatoms. The first-order valence-electron chi connectivity index (χ1n) is 19.7. The lowest BCUT2D eigenvalue weighted by molar-refractivity contribution is 0.673. The van der Waals surface area contributed by atoms with Crippen molar-refractivity contribution in [3.05, 3.63) is 194 Å². The summed E-state index contributed by atoms with van der Waals surface area (Å²) >= 11 is 0. The normalized spacial score (nSPS) is 12.2. The molecule has 0 spiro atoms. The Balaban J connectivity index is 1.16. The second-order valence-corrected chi connectivity index (χ2v) is 15.5. The average Bonchev–Trinajstić information content (AvgIpc) is 3.67. The Morgan fingerprint density at radius 2 is 0.807 bits per heavy atom. The van der Waals surface area contributed by atoms with Crippen molar-refractivity contribution in [1.29, 1.82) is 0 Å². The Labute approximate surface area is 328 Å². The summed E-state index contributed by atoms with van der Waals surface area (Å²) in [6.45, 7) is 0. The molecule has 0 aliphatic rings. The predicted octanol–water partition coefficient (Wildman–Crippen LogP) is 16.1. The van der Waals surface area contributed by atoms with Gasteiger partial charge in [-0.05, 0) is 128 Å². The third kappa shape index (κ3) is 4.34. The molecule has 0 amide bonds. The molecule has 12 aromatic carbocycles. The van der Waals surface area contributed by atoms with Crippen LogP contribution in [0.25, 0.3) is 131 Å². The minimum Gasteiger partial charge on any atom is -0.455 e. The van der Waals surface area contributed by atoms with Crippen LogP contribution in [0, 0.1) is 0 Å². The summed E-state index contributed by atoms with van der Waals surface area (Å²) in [6.07, 6.45) is 0. The molecular weight excluding hydrogens is 689 g/mol. The maximum atomic E-state index is 7.04. The molecule has 1 aromatic heterocycles. The van der Waals surface area contributed by atoms with Gasteiger partial charge in [-0.15, -0.1) is 0 Å². The van der Waals surface area contributed by atoms with E-state index in [-0.39, 0.29) is 0 Å². The molecule has 13 rings (SSSR count). The number of fused-ring (bicyclic) bond motifs is 10. The molecular formula is C56H32O. The van der Waals surface area contributed by atoms with Gasteiger partial charge in [0.1, 0.15) is 11.2 Å². The van der Waals surface area contributed by atoms with Crippen molar-refractivity contribution < 1.29 is 4.42 Å². The van der Waals surface area contributed by atoms with E-state index in [2.05, 4.69) is 194 Å². The fourth-order valence-electron chi connectivity index (χ4n) is 10.0. The van der Waals surface area contributed by atoms with E-state index in [4.69, 9.17) is 4.42 Å². The molecule has 0 saturated heterocycles. The standard InChI is InChI=1S/C56H32O/c1-2-10-33(11-3-1)40-25-21-36-24-28-47-44(26-22-37-23-27-46(40)53(36)54(37)47)50-31-39(32-51-55(50)48-29-20-35-13-5-7-15-42(35)56(48)57-51)49-30-38-19-18-34-12-4-6-14-41(34)52(38)45-17-9-8-16-43(45)49/h1-32H. The molecule has 57 heavy (non-hydrogen) atoms. The molecule has 0 unspecified atom stereocenters. The van der Waals surface area contributed by atoms with Crippen LogP contribution >= 0.6 is 0 Å². The zero-order valence-corrected chi connectivity index (χ0v) is 30.9. The molecule has 0 saturated carbocycles. The van der Waals surface area contributed by atoms with Crippen LogP contribution in [0.1, 0.15) is 0 Å². The fraction of sp³-hybridized carbons (Fsp3) is 0. The Morgan fingerprint density at radius 1 is 0.246 bits per heavy atom. The van der Waals surface area contributed by atoms with E-state index < -0.39 is 0 Å². The first kappa shape index (κ1) is 30.8. The zero-order chi connectivity index (χ0) is 37.2. The lowest BCUT2D eigenvalue weighted by Crippen LogP contribution is -1.91. The van der Waals surface area contributed by atoms with Gasteiger partial charge in [-0.25, -0.2) is 0 Å². The topological polar surface area (TPSA) is 13.1 Å². The van der Waals surface area contributed by atoms with Crippen LogP contribution in [-0.4, -0.2) is 0 Å². The van der Waals surface area contributed by atoms with Gasteiger partial charge < -0.3 is 4.42 Å². The van der Waals surface area contributed by atoms with Crippen LogP contribution in [0.2, 0.25) is 0 Å². The van der Waals surface area contributed by atoms with Crippen molar-refractivity contribution in [3.63, 3.8) is 0 Å². The van der Waals surface area contributed by atoms with Crippen LogP contribution < -0.4 is 0 Å². The van der Waals surface area contributed by atoms with E-state index in [1.165, 1.54) is 97.8 Å². The van der Waals surface area contributed by atoms with Crippen molar-refractivity contribution in [2.75, 3.05) is 0 Å². The Morgan fingerprint density at radius 3 is 1.60 bits per heavy atom. The van der Waals surface area contributed by atoms with Crippen molar-refractivity contribution >= 4 is 97.3 Å². The van der Waals surface area contributed by atoms with Gasteiger partial charge >= 0.3 is 0 Å². The zero-order valence-electron chi connectivity index (χ0n) is 30.9. The van der Waals surface area contributed by atoms with Gasteiger partial charge in [0.15, 0.2) is 0 Å². The maximum absolute atomic E-state index is 7.04. The fourth-order valence-corrected chi connectivity index (χ4v) is 10.0. The largest absolute Gasteiger partial charge is 0.455 e. The highest BCUT2D eigenvalue weighted by Gasteiger charge is 2.22. The second kappa shape index (κ2) is 11.5. The van der Waals surface area contributed by atoms with Crippen LogP contribution in [0.5, 0.6) is 0 Å². The summed E-state index contributed by atoms with van der Waals surface area (Å²) in [7, 11) is 0. The number of hydrogen-bond acceptors (Lipinski definition) is 1. The molecule has 0 atom stereocenters. The van der Waals surface area contributed by atoms with Gasteiger partial charge in [-0.3, -0.25) is 0 Å². The minimum atomic E-state index is 0.897. The highest BCUT2D eigenvalue weighted by atomic mass is 16.3. The average molecular weight is 721 g/mol. The maximum Gasteiger partial charge on any atom is 0.143 e. The van der Waals surface area contributed by atoms with E-state index in [9.17, 15) is 0 Å². The molecule has 0 bridgehead atoms. The van der Waals surface area contributed by atoms with Gasteiger partial charge in [0.25, 0.3) is 0 Å². The first-order valence-corrected chi connectivity index (χ1v) is 19.7. The van der Waals surface area contributed by atoms with Gasteiger partial charge in [0.2, 0.25) is 0 Å². The summed E-state index contributed by atoms with van der Waals surface area (Å²) in [6, 6.07) is 71.6. The highest BCUT2D eigenvalue weighted by Crippen LogP contribution is 2.48. The summed E-state index contributed by atoms with van der Waals surface area (Å²) in [4.78, 5) is 0. The summed E-state index contributed by atoms with van der Waals surface area (Å²) in [5.74, 6) is 0. The van der Waals surface area contributed by atoms with Crippen molar-refractivity contribution in [1.82, 2.24) is 0 Å². The van der Waals surface area contributed by atoms with Crippen molar-refractivity contribution in [2.24, 2.45) is 0 Å². The molecule has 0 aliphatic heterocycles. The first-order chi connectivity index (χ1) is 28.3. The van der Waals surface area contributed by atoms with Crippen LogP contribution in [0.3, 0.4) is 0 Å². The van der Waals surface area contributed by atoms with Crippen LogP contribution in [0.4, 0.5) is 0 Å². The van der Waals surface area contributed by atoms with E-state index in [1.54, 1.807) is 0 Å². The SMILES string of the molecule is c1ccc(-c2ccc3ccc4c(-c5cc(-c6cc7ccc8ccccc8c7c7ccccc67)cc6oc7c8ccccc8ccc7c56)ccc5ccc2c3c54)cc1. The quantitative estimate of drug-likeness (QED) is 0.166. The minimum absolute atomic E-state index is 0.897. The Kier molecular flexibility index (Phi) is 6.23. The molecule has 13 aromatic rings. The summed E-state index contributed by atoms with van der Waals surface area (Å²) in [5, 5.41) is 19.8. The van der Waals surface area contributed by atoms with E-state index in [0.29, 0.717) is 0 Å². The molecule has 0 fully saturated rings. The molecule has 262 valence electrons. The highest BCUT2D eigenvalue weighted by molar-refractivity contribution is 6.30. The van der Waals surface area contributed by atoms with E-state index in [0.717, 1.165) is 32.9 Å². The Hall–Kier alpha value is -7.48. The van der Waals surface area contributed by atoms with Gasteiger partial charge in [-0.1, -0.05) is 170 Å². The molecule has 0 N–H and O–H groups in total. The van der Waals surface area contributed by atoms with E-state index in [1.807, 2.05) is 0 Å². The third-order valence-electron chi connectivity index (χ3n) is 12.6. The van der Waals surface area contributed by atoms with Crippen molar-refractivity contribution in [2.45, 2.75) is 0 Å². The van der Waals surface area contributed by atoms with Gasteiger partial charge in [0.05, 0.1) is 0 Å². The van der Waals surface area contributed by atoms with E-state index >= 15 is 0 Å². The number of hydrogen-bond donors (Lipinski definition) is 0. The molecule has 1 nitrogen and oxygen atoms in total. The summed E-state index contributed by atoms with van der Waals surface area (Å²) in [5.41, 5.74) is 9.06. The monoisotopic (exact) mass is 720 g/mol. The summed E-state index contributed by atoms with van der Waals surface area (Å²) < 4.78 is 7.04. The van der Waals surface area contributed by atoms with Crippen molar-refractivity contribution in [3.8, 4) is 33.4 Å². The third-order valence-corrected chi connectivity index (χ3v) is 12.6. The molecule has 0 aliphatic carbocycles. The van der Waals surface area contributed by atoms with Gasteiger partial charge in [0, 0.05) is 16.2 Å². The smallest absolute Gasteiger partial charge is 0.143 e. The van der Waals surface area contributed by atoms with Crippen LogP contribution in [0.15, 0.2) is 199 Å². The van der Waals surface area contributed by atoms with Gasteiger partial charge in [-0.2, -0.15) is 0 Å². The lowest BCUT2D eigenvalue weighted by atomic mass is 9.85. The number of furan rings is 1. The lowest BCUT2D eigenvalue weighted by Gasteiger charge is -2.18. The Bertz CT molecular complexity index is 3790. The van der Waals surface area contributed by atoms with Crippen LogP contribution in [-0.2, 0) is 0 Å². The molecule has 0 radical (unpaired) electrons. The molecule has 1 heterocycles. The number of rotatable bonds is 3.